The summed E-state index contributed by atoms with van der Waals surface area (Å²) in [6.07, 6.45) is 2.25. The first-order chi connectivity index (χ1) is 11.5. The lowest BCUT2D eigenvalue weighted by Gasteiger charge is -2.13. The second-order valence-corrected chi connectivity index (χ2v) is 6.30. The fourth-order valence-electron chi connectivity index (χ4n) is 1.99. The number of halogens is 1. The lowest BCUT2D eigenvalue weighted by Crippen LogP contribution is -2.42. The lowest BCUT2D eigenvalue weighted by atomic mass is 10.1. The second kappa shape index (κ2) is 13.9. The van der Waals surface area contributed by atoms with Crippen LogP contribution in [-0.2, 0) is 11.3 Å². The van der Waals surface area contributed by atoms with Gasteiger partial charge in [-0.2, -0.15) is 0 Å². The van der Waals surface area contributed by atoms with E-state index in [1.54, 1.807) is 0 Å². The number of guanidine groups is 1. The summed E-state index contributed by atoms with van der Waals surface area (Å²) >= 11 is 0. The molecule has 0 unspecified atom stereocenters. The minimum atomic E-state index is 0. The molecule has 1 rings (SSSR count). The fourth-order valence-corrected chi connectivity index (χ4v) is 1.99. The van der Waals surface area contributed by atoms with E-state index < -0.39 is 0 Å². The average Bonchev–Trinajstić information content (AvgIpc) is 2.57. The largest absolute Gasteiger partial charge is 0.356 e. The number of nitrogens with one attached hydrogen (secondary N) is 3. The molecule has 0 aliphatic heterocycles. The minimum absolute atomic E-state index is 0. The van der Waals surface area contributed by atoms with Crippen molar-refractivity contribution in [2.24, 2.45) is 10.9 Å². The lowest BCUT2D eigenvalue weighted by molar-refractivity contribution is -0.123. The van der Waals surface area contributed by atoms with E-state index in [1.165, 1.54) is 11.1 Å². The van der Waals surface area contributed by atoms with Crippen LogP contribution in [0.2, 0.25) is 0 Å². The quantitative estimate of drug-likeness (QED) is 0.230. The Labute approximate surface area is 169 Å². The topological polar surface area (TPSA) is 65.5 Å². The molecule has 3 N–H and O–H groups in total. The number of unbranched alkanes of at least 4 members (excludes halogenated alkanes) is 1. The van der Waals surface area contributed by atoms with Crippen LogP contribution in [0.15, 0.2) is 29.3 Å². The molecule has 6 heteroatoms. The van der Waals surface area contributed by atoms with Crippen LogP contribution in [-0.4, -0.2) is 31.5 Å². The Hall–Kier alpha value is -1.31. The van der Waals surface area contributed by atoms with Crippen molar-refractivity contribution in [3.05, 3.63) is 35.4 Å². The van der Waals surface area contributed by atoms with Crippen molar-refractivity contribution >= 4 is 35.8 Å². The number of carbonyl (C=O) groups is 1. The second-order valence-electron chi connectivity index (χ2n) is 6.30. The molecule has 0 saturated carbocycles. The number of aliphatic imine (C=N–C) groups is 1. The third-order valence-electron chi connectivity index (χ3n) is 3.60. The molecule has 0 fully saturated rings. The van der Waals surface area contributed by atoms with Gasteiger partial charge >= 0.3 is 0 Å². The van der Waals surface area contributed by atoms with Gasteiger partial charge in [0.2, 0.25) is 5.91 Å². The number of amides is 1. The first kappa shape index (κ1) is 23.7. The van der Waals surface area contributed by atoms with Crippen molar-refractivity contribution in [1.29, 1.82) is 0 Å². The van der Waals surface area contributed by atoms with Crippen LogP contribution in [0.4, 0.5) is 0 Å². The molecule has 1 amide bonds. The maximum atomic E-state index is 11.6. The zero-order chi connectivity index (χ0) is 17.8. The zero-order valence-electron chi connectivity index (χ0n) is 15.9. The van der Waals surface area contributed by atoms with Gasteiger partial charge in [-0.3, -0.25) is 4.79 Å². The number of hydrogen-bond acceptors (Lipinski definition) is 2. The van der Waals surface area contributed by atoms with Crippen molar-refractivity contribution in [1.82, 2.24) is 16.0 Å². The summed E-state index contributed by atoms with van der Waals surface area (Å²) < 4.78 is 0. The van der Waals surface area contributed by atoms with Gasteiger partial charge in [-0.15, -0.1) is 24.0 Å². The van der Waals surface area contributed by atoms with E-state index in [2.05, 4.69) is 59.1 Å². The number of carbonyl (C=O) groups excluding carboxylic acids is 1. The van der Waals surface area contributed by atoms with Crippen molar-refractivity contribution in [3.8, 4) is 0 Å². The molecule has 142 valence electrons. The summed E-state index contributed by atoms with van der Waals surface area (Å²) in [5, 5.41) is 9.52. The molecule has 0 heterocycles. The van der Waals surface area contributed by atoms with Crippen molar-refractivity contribution < 1.29 is 4.79 Å². The van der Waals surface area contributed by atoms with Crippen molar-refractivity contribution in [2.75, 3.05) is 19.6 Å². The van der Waals surface area contributed by atoms with Crippen molar-refractivity contribution in [2.45, 2.75) is 47.1 Å². The monoisotopic (exact) mass is 460 g/mol. The fraction of sp³-hybridized carbons (Fsp3) is 0.579. The summed E-state index contributed by atoms with van der Waals surface area (Å²) in [5.41, 5.74) is 2.44. The molecule has 0 saturated heterocycles. The molecule has 0 aliphatic carbocycles. The first-order valence-electron chi connectivity index (χ1n) is 8.88. The molecule has 0 aliphatic rings. The van der Waals surface area contributed by atoms with Crippen LogP contribution < -0.4 is 16.0 Å². The highest BCUT2D eigenvalue weighted by atomic mass is 127. The summed E-state index contributed by atoms with van der Waals surface area (Å²) in [5.74, 6) is 0.888. The van der Waals surface area contributed by atoms with E-state index in [0.717, 1.165) is 25.3 Å². The van der Waals surface area contributed by atoms with E-state index in [4.69, 9.17) is 0 Å². The molecular formula is C19H33IN4O. The van der Waals surface area contributed by atoms with Gasteiger partial charge in [-0.25, -0.2) is 4.99 Å². The average molecular weight is 460 g/mol. The normalized spacial score (nSPS) is 11.0. The van der Waals surface area contributed by atoms with E-state index >= 15 is 0 Å². The minimum Gasteiger partial charge on any atom is -0.356 e. The van der Waals surface area contributed by atoms with Gasteiger partial charge in [0.1, 0.15) is 0 Å². The highest BCUT2D eigenvalue weighted by molar-refractivity contribution is 14.0. The highest BCUT2D eigenvalue weighted by Gasteiger charge is 2.05. The van der Waals surface area contributed by atoms with Gasteiger partial charge in [0, 0.05) is 25.6 Å². The first-order valence-corrected chi connectivity index (χ1v) is 8.88. The zero-order valence-corrected chi connectivity index (χ0v) is 18.2. The molecule has 0 spiro atoms. The molecule has 0 aromatic heterocycles. The van der Waals surface area contributed by atoms with Gasteiger partial charge in [0.15, 0.2) is 5.96 Å². The van der Waals surface area contributed by atoms with Crippen molar-refractivity contribution in [3.63, 3.8) is 0 Å². The molecule has 0 atom stereocenters. The summed E-state index contributed by atoms with van der Waals surface area (Å²) in [4.78, 5) is 16.2. The molecular weight excluding hydrogens is 427 g/mol. The highest BCUT2D eigenvalue weighted by Crippen LogP contribution is 2.04. The number of aryl methyl sites for hydroxylation is 1. The number of rotatable bonds is 9. The third-order valence-corrected chi connectivity index (χ3v) is 3.60. The number of benzene rings is 1. The Morgan fingerprint density at radius 1 is 1.04 bits per heavy atom. The molecule has 1 aromatic rings. The van der Waals surface area contributed by atoms with Crippen LogP contribution >= 0.6 is 24.0 Å². The molecule has 1 aromatic carbocycles. The summed E-state index contributed by atoms with van der Waals surface area (Å²) in [6, 6.07) is 8.41. The predicted molar refractivity (Wildman–Crippen MR) is 116 cm³/mol. The predicted octanol–water partition coefficient (Wildman–Crippen LogP) is 3.22. The third kappa shape index (κ3) is 11.0. The van der Waals surface area contributed by atoms with Gasteiger partial charge < -0.3 is 16.0 Å². The van der Waals surface area contributed by atoms with Crippen LogP contribution in [0.1, 0.15) is 44.7 Å². The van der Waals surface area contributed by atoms with Crippen LogP contribution in [0.25, 0.3) is 0 Å². The van der Waals surface area contributed by atoms with Gasteiger partial charge in [-0.05, 0) is 18.9 Å². The summed E-state index contributed by atoms with van der Waals surface area (Å²) in [6.45, 7) is 10.8. The standard InChI is InChI=1S/C19H32N4O.HI/c1-5-6-11-21-19(22-13-12-20-18(24)15(2)3)23-14-17-9-7-16(4)8-10-17;/h7-10,15H,5-6,11-14H2,1-4H3,(H,20,24)(H2,21,22,23);1H. The van der Waals surface area contributed by atoms with Crippen LogP contribution in [0.3, 0.4) is 0 Å². The number of hydrogen-bond donors (Lipinski definition) is 3. The van der Waals surface area contributed by atoms with Gasteiger partial charge in [0.25, 0.3) is 0 Å². The van der Waals surface area contributed by atoms with Crippen LogP contribution in [0.5, 0.6) is 0 Å². The Kier molecular flexibility index (Phi) is 13.2. The smallest absolute Gasteiger partial charge is 0.222 e. The van der Waals surface area contributed by atoms with E-state index in [0.29, 0.717) is 19.6 Å². The Morgan fingerprint density at radius 3 is 2.24 bits per heavy atom. The number of nitrogens with zero attached hydrogens (tertiary/aromatic N) is 1. The van der Waals surface area contributed by atoms with Gasteiger partial charge in [0.05, 0.1) is 6.54 Å². The van der Waals surface area contributed by atoms with E-state index in [-0.39, 0.29) is 35.8 Å². The maximum Gasteiger partial charge on any atom is 0.222 e. The molecule has 5 nitrogen and oxygen atoms in total. The molecule has 0 bridgehead atoms. The Morgan fingerprint density at radius 2 is 1.64 bits per heavy atom. The van der Waals surface area contributed by atoms with Gasteiger partial charge in [-0.1, -0.05) is 57.0 Å². The maximum absolute atomic E-state index is 11.6. The van der Waals surface area contributed by atoms with Crippen LogP contribution in [0, 0.1) is 12.8 Å². The Balaban J connectivity index is 0.00000576. The SMILES string of the molecule is CCCCNC(=NCc1ccc(C)cc1)NCCNC(=O)C(C)C.I. The van der Waals surface area contributed by atoms with E-state index in [1.807, 2.05) is 13.8 Å². The summed E-state index contributed by atoms with van der Waals surface area (Å²) in [7, 11) is 0. The van der Waals surface area contributed by atoms with E-state index in [9.17, 15) is 4.79 Å². The molecule has 0 radical (unpaired) electrons. The Bertz CT molecular complexity index is 515. The molecule has 25 heavy (non-hydrogen) atoms.